The highest BCUT2D eigenvalue weighted by molar-refractivity contribution is 5.47. The second-order valence-electron chi connectivity index (χ2n) is 5.19. The summed E-state index contributed by atoms with van der Waals surface area (Å²) in [6, 6.07) is 8.65. The zero-order chi connectivity index (χ0) is 12.2. The van der Waals surface area contributed by atoms with E-state index in [4.69, 9.17) is 4.74 Å². The van der Waals surface area contributed by atoms with Crippen molar-refractivity contribution < 1.29 is 4.74 Å². The molecule has 0 aliphatic heterocycles. The minimum absolute atomic E-state index is 0.133. The van der Waals surface area contributed by atoms with E-state index in [2.05, 4.69) is 52.1 Å². The van der Waals surface area contributed by atoms with Crippen molar-refractivity contribution in [3.05, 3.63) is 24.3 Å². The van der Waals surface area contributed by atoms with E-state index in [-0.39, 0.29) is 5.60 Å². The summed E-state index contributed by atoms with van der Waals surface area (Å²) in [6.07, 6.45) is 1.13. The third-order valence-corrected chi connectivity index (χ3v) is 2.30. The zero-order valence-electron chi connectivity index (χ0n) is 11.0. The maximum Gasteiger partial charge on any atom is 0.120 e. The Bertz CT molecular complexity index is 311. The first-order chi connectivity index (χ1) is 7.40. The van der Waals surface area contributed by atoms with Gasteiger partial charge in [-0.2, -0.15) is 0 Å². The maximum absolute atomic E-state index is 5.76. The molecular weight excluding hydrogens is 198 g/mol. The molecule has 1 N–H and O–H groups in total. The molecule has 1 rings (SSSR count). The lowest BCUT2D eigenvalue weighted by Crippen LogP contribution is -2.22. The van der Waals surface area contributed by atoms with Crippen LogP contribution in [-0.4, -0.2) is 11.6 Å². The molecule has 0 spiro atoms. The van der Waals surface area contributed by atoms with Gasteiger partial charge in [-0.25, -0.2) is 0 Å². The van der Waals surface area contributed by atoms with E-state index in [1.807, 2.05) is 12.1 Å². The minimum atomic E-state index is -0.133. The topological polar surface area (TPSA) is 21.3 Å². The maximum atomic E-state index is 5.76. The SMILES string of the molecule is CCC(C)Nc1ccc(OC(C)(C)C)cc1. The smallest absolute Gasteiger partial charge is 0.120 e. The Kier molecular flexibility index (Phi) is 4.22. The van der Waals surface area contributed by atoms with Crippen LogP contribution in [0.1, 0.15) is 41.0 Å². The van der Waals surface area contributed by atoms with Crippen LogP contribution in [0.3, 0.4) is 0 Å². The average molecular weight is 221 g/mol. The quantitative estimate of drug-likeness (QED) is 0.827. The van der Waals surface area contributed by atoms with E-state index in [0.29, 0.717) is 6.04 Å². The number of anilines is 1. The molecule has 0 saturated heterocycles. The predicted molar refractivity (Wildman–Crippen MR) is 70.2 cm³/mol. The monoisotopic (exact) mass is 221 g/mol. The summed E-state index contributed by atoms with van der Waals surface area (Å²) in [5.74, 6) is 0.919. The molecule has 16 heavy (non-hydrogen) atoms. The summed E-state index contributed by atoms with van der Waals surface area (Å²) < 4.78 is 5.76. The lowest BCUT2D eigenvalue weighted by molar-refractivity contribution is 0.131. The molecule has 90 valence electrons. The van der Waals surface area contributed by atoms with Gasteiger partial charge in [0, 0.05) is 11.7 Å². The van der Waals surface area contributed by atoms with Crippen molar-refractivity contribution in [2.45, 2.75) is 52.7 Å². The van der Waals surface area contributed by atoms with Crippen LogP contribution in [0.25, 0.3) is 0 Å². The highest BCUT2D eigenvalue weighted by atomic mass is 16.5. The van der Waals surface area contributed by atoms with E-state index in [1.54, 1.807) is 0 Å². The van der Waals surface area contributed by atoms with Gasteiger partial charge in [0.05, 0.1) is 0 Å². The van der Waals surface area contributed by atoms with Crippen LogP contribution < -0.4 is 10.1 Å². The predicted octanol–water partition coefficient (Wildman–Crippen LogP) is 4.07. The van der Waals surface area contributed by atoms with Crippen LogP contribution in [0.4, 0.5) is 5.69 Å². The molecule has 0 amide bonds. The van der Waals surface area contributed by atoms with Crippen molar-refractivity contribution >= 4 is 5.69 Å². The van der Waals surface area contributed by atoms with Gasteiger partial charge in [-0.15, -0.1) is 0 Å². The van der Waals surface area contributed by atoms with E-state index in [0.717, 1.165) is 17.9 Å². The van der Waals surface area contributed by atoms with Crippen molar-refractivity contribution in [2.75, 3.05) is 5.32 Å². The van der Waals surface area contributed by atoms with Gasteiger partial charge in [0.25, 0.3) is 0 Å². The highest BCUT2D eigenvalue weighted by Gasteiger charge is 2.11. The summed E-state index contributed by atoms with van der Waals surface area (Å²) in [6.45, 7) is 10.5. The minimum Gasteiger partial charge on any atom is -0.488 e. The Morgan fingerprint density at radius 2 is 1.75 bits per heavy atom. The second-order valence-corrected chi connectivity index (χ2v) is 5.19. The molecule has 2 nitrogen and oxygen atoms in total. The van der Waals surface area contributed by atoms with Gasteiger partial charge in [-0.05, 0) is 58.4 Å². The molecule has 1 aromatic carbocycles. The van der Waals surface area contributed by atoms with E-state index in [9.17, 15) is 0 Å². The van der Waals surface area contributed by atoms with Crippen molar-refractivity contribution in [3.8, 4) is 5.75 Å². The first-order valence-corrected chi connectivity index (χ1v) is 5.96. The van der Waals surface area contributed by atoms with Crippen molar-refractivity contribution in [2.24, 2.45) is 0 Å². The molecule has 0 aromatic heterocycles. The third-order valence-electron chi connectivity index (χ3n) is 2.30. The number of hydrogen-bond donors (Lipinski definition) is 1. The molecule has 1 unspecified atom stereocenters. The summed E-state index contributed by atoms with van der Waals surface area (Å²) in [4.78, 5) is 0. The van der Waals surface area contributed by atoms with Crippen LogP contribution in [0, 0.1) is 0 Å². The Balaban J connectivity index is 2.61. The molecule has 0 fully saturated rings. The molecule has 0 radical (unpaired) electrons. The first kappa shape index (κ1) is 12.9. The fourth-order valence-corrected chi connectivity index (χ4v) is 1.36. The van der Waals surface area contributed by atoms with E-state index >= 15 is 0 Å². The summed E-state index contributed by atoms with van der Waals surface area (Å²) in [5.41, 5.74) is 1.02. The second kappa shape index (κ2) is 5.24. The lowest BCUT2D eigenvalue weighted by Gasteiger charge is -2.21. The molecule has 0 aliphatic rings. The molecule has 1 aromatic rings. The number of benzene rings is 1. The molecule has 0 heterocycles. The summed E-state index contributed by atoms with van der Waals surface area (Å²) in [5, 5.41) is 3.43. The van der Waals surface area contributed by atoms with Gasteiger partial charge in [-0.1, -0.05) is 6.92 Å². The number of ether oxygens (including phenoxy) is 1. The average Bonchev–Trinajstić information content (AvgIpc) is 2.18. The van der Waals surface area contributed by atoms with Gasteiger partial charge < -0.3 is 10.1 Å². The summed E-state index contributed by atoms with van der Waals surface area (Å²) >= 11 is 0. The Morgan fingerprint density at radius 3 is 2.19 bits per heavy atom. The van der Waals surface area contributed by atoms with Crippen LogP contribution >= 0.6 is 0 Å². The Hall–Kier alpha value is -1.18. The van der Waals surface area contributed by atoms with Gasteiger partial charge in [0.15, 0.2) is 0 Å². The zero-order valence-corrected chi connectivity index (χ0v) is 11.0. The lowest BCUT2D eigenvalue weighted by atomic mass is 10.2. The fourth-order valence-electron chi connectivity index (χ4n) is 1.36. The van der Waals surface area contributed by atoms with E-state index < -0.39 is 0 Å². The molecular formula is C14H23NO. The summed E-state index contributed by atoms with van der Waals surface area (Å²) in [7, 11) is 0. The highest BCUT2D eigenvalue weighted by Crippen LogP contribution is 2.20. The van der Waals surface area contributed by atoms with Crippen LogP contribution in [0.15, 0.2) is 24.3 Å². The molecule has 1 atom stereocenters. The van der Waals surface area contributed by atoms with Gasteiger partial charge in [-0.3, -0.25) is 0 Å². The Morgan fingerprint density at radius 1 is 1.19 bits per heavy atom. The van der Waals surface area contributed by atoms with Gasteiger partial charge in [0.2, 0.25) is 0 Å². The van der Waals surface area contributed by atoms with Gasteiger partial charge in [0.1, 0.15) is 11.4 Å². The third kappa shape index (κ3) is 4.56. The van der Waals surface area contributed by atoms with Crippen molar-refractivity contribution in [1.82, 2.24) is 0 Å². The van der Waals surface area contributed by atoms with Gasteiger partial charge >= 0.3 is 0 Å². The molecule has 0 bridgehead atoms. The number of hydrogen-bond acceptors (Lipinski definition) is 2. The number of rotatable bonds is 4. The Labute approximate surface area is 99.0 Å². The van der Waals surface area contributed by atoms with E-state index in [1.165, 1.54) is 0 Å². The van der Waals surface area contributed by atoms with Crippen LogP contribution in [0.2, 0.25) is 0 Å². The normalized spacial score (nSPS) is 13.3. The fraction of sp³-hybridized carbons (Fsp3) is 0.571. The van der Waals surface area contributed by atoms with Crippen LogP contribution in [0.5, 0.6) is 5.75 Å². The first-order valence-electron chi connectivity index (χ1n) is 5.96. The standard InChI is InChI=1S/C14H23NO/c1-6-11(2)15-12-7-9-13(10-8-12)16-14(3,4)5/h7-11,15H,6H2,1-5H3. The number of nitrogens with one attached hydrogen (secondary N) is 1. The molecule has 0 saturated carbocycles. The van der Waals surface area contributed by atoms with Crippen molar-refractivity contribution in [3.63, 3.8) is 0 Å². The van der Waals surface area contributed by atoms with Crippen molar-refractivity contribution in [1.29, 1.82) is 0 Å². The molecule has 0 aliphatic carbocycles. The molecule has 2 heteroatoms. The largest absolute Gasteiger partial charge is 0.488 e. The van der Waals surface area contributed by atoms with Crippen LogP contribution in [-0.2, 0) is 0 Å².